The smallest absolute Gasteiger partial charge is 0.311 e. The first-order valence-corrected chi connectivity index (χ1v) is 7.69. The molecule has 0 amide bonds. The van der Waals surface area contributed by atoms with Crippen LogP contribution in [0.25, 0.3) is 0 Å². The van der Waals surface area contributed by atoms with Crippen LogP contribution in [0, 0.1) is 0 Å². The summed E-state index contributed by atoms with van der Waals surface area (Å²) < 4.78 is 10.0. The van der Waals surface area contributed by atoms with Gasteiger partial charge in [-0.15, -0.1) is 0 Å². The summed E-state index contributed by atoms with van der Waals surface area (Å²) in [7, 11) is 1.41. The van der Waals surface area contributed by atoms with E-state index in [9.17, 15) is 19.8 Å². The van der Waals surface area contributed by atoms with Gasteiger partial charge in [-0.05, 0) is 36.8 Å². The Morgan fingerprint density at radius 1 is 1.08 bits per heavy atom. The maximum atomic E-state index is 11.7. The van der Waals surface area contributed by atoms with E-state index in [4.69, 9.17) is 19.2 Å². The fourth-order valence-electron chi connectivity index (χ4n) is 1.97. The summed E-state index contributed by atoms with van der Waals surface area (Å²) in [6, 6.07) is 8.30. The van der Waals surface area contributed by atoms with E-state index in [0.717, 1.165) is 0 Å². The Morgan fingerprint density at radius 2 is 1.81 bits per heavy atom. The Kier molecular flexibility index (Phi) is 6.81. The summed E-state index contributed by atoms with van der Waals surface area (Å²) in [6.07, 6.45) is 0.877. The largest absolute Gasteiger partial charge is 0.507 e. The Hall–Kier alpha value is -3.26. The van der Waals surface area contributed by atoms with E-state index in [1.54, 1.807) is 0 Å². The predicted molar refractivity (Wildman–Crippen MR) is 89.6 cm³/mol. The monoisotopic (exact) mass is 362 g/mol. The summed E-state index contributed by atoms with van der Waals surface area (Å²) in [4.78, 5) is 32.5. The van der Waals surface area contributed by atoms with Crippen LogP contribution in [-0.4, -0.2) is 36.2 Å². The number of phenolic OH excluding ortho intramolecular Hbond substituents is 2. The van der Waals surface area contributed by atoms with Crippen molar-refractivity contribution in [3.8, 4) is 28.7 Å². The molecule has 2 aromatic rings. The molecule has 2 rings (SSSR count). The molecule has 0 saturated heterocycles. The number of benzene rings is 2. The fourth-order valence-corrected chi connectivity index (χ4v) is 1.97. The maximum Gasteiger partial charge on any atom is 0.311 e. The quantitative estimate of drug-likeness (QED) is 0.175. The van der Waals surface area contributed by atoms with Crippen molar-refractivity contribution in [2.45, 2.75) is 12.8 Å². The predicted octanol–water partition coefficient (Wildman–Crippen LogP) is 2.62. The van der Waals surface area contributed by atoms with E-state index in [1.165, 1.54) is 43.5 Å². The highest BCUT2D eigenvalue weighted by Gasteiger charge is 2.09. The van der Waals surface area contributed by atoms with E-state index < -0.39 is 5.97 Å². The Morgan fingerprint density at radius 3 is 2.54 bits per heavy atom. The minimum absolute atomic E-state index is 0.0189. The van der Waals surface area contributed by atoms with Crippen molar-refractivity contribution in [3.05, 3.63) is 42.0 Å². The number of carbonyl (C=O) groups is 2. The van der Waals surface area contributed by atoms with Gasteiger partial charge in [0.25, 0.3) is 0 Å². The number of aldehydes is 1. The molecule has 0 aliphatic rings. The third kappa shape index (κ3) is 5.38. The zero-order valence-corrected chi connectivity index (χ0v) is 14.0. The van der Waals surface area contributed by atoms with Crippen LogP contribution in [0.5, 0.6) is 28.7 Å². The van der Waals surface area contributed by atoms with Gasteiger partial charge in [0.2, 0.25) is 0 Å². The highest BCUT2D eigenvalue weighted by Crippen LogP contribution is 2.29. The molecule has 0 fully saturated rings. The zero-order valence-electron chi connectivity index (χ0n) is 14.0. The van der Waals surface area contributed by atoms with Gasteiger partial charge in [0.05, 0.1) is 19.3 Å². The van der Waals surface area contributed by atoms with E-state index in [0.29, 0.717) is 18.5 Å². The first-order chi connectivity index (χ1) is 12.5. The highest BCUT2D eigenvalue weighted by atomic mass is 17.2. The Balaban J connectivity index is 1.71. The number of rotatable bonds is 9. The summed E-state index contributed by atoms with van der Waals surface area (Å²) in [5.74, 6) is 0.0439. The molecule has 8 heteroatoms. The normalized spacial score (nSPS) is 10.2. The number of phenols is 2. The van der Waals surface area contributed by atoms with Crippen molar-refractivity contribution in [2.24, 2.45) is 0 Å². The number of hydrogen-bond donors (Lipinski definition) is 2. The van der Waals surface area contributed by atoms with Crippen molar-refractivity contribution in [1.82, 2.24) is 0 Å². The van der Waals surface area contributed by atoms with Gasteiger partial charge < -0.3 is 24.6 Å². The van der Waals surface area contributed by atoms with Gasteiger partial charge >= 0.3 is 5.97 Å². The van der Waals surface area contributed by atoms with Gasteiger partial charge in [0.15, 0.2) is 23.5 Å². The lowest BCUT2D eigenvalue weighted by Crippen LogP contribution is -2.10. The van der Waals surface area contributed by atoms with Gasteiger partial charge in [-0.1, -0.05) is 0 Å². The molecule has 0 aliphatic heterocycles. The summed E-state index contributed by atoms with van der Waals surface area (Å²) >= 11 is 0. The molecular weight excluding hydrogens is 344 g/mol. The molecule has 0 radical (unpaired) electrons. The fraction of sp³-hybridized carbons (Fsp3) is 0.222. The first-order valence-electron chi connectivity index (χ1n) is 7.69. The second-order valence-electron chi connectivity index (χ2n) is 5.16. The van der Waals surface area contributed by atoms with Crippen molar-refractivity contribution in [2.75, 3.05) is 13.7 Å². The van der Waals surface area contributed by atoms with Crippen LogP contribution in [-0.2, 0) is 9.68 Å². The van der Waals surface area contributed by atoms with Crippen molar-refractivity contribution in [1.29, 1.82) is 0 Å². The SMILES string of the molecule is COc1cc(OOCCCC(=O)Oc2ccc(O)c(C=O)c2)ccc1O. The molecule has 0 unspecified atom stereocenters. The molecule has 0 spiro atoms. The summed E-state index contributed by atoms with van der Waals surface area (Å²) in [5.41, 5.74) is 0.0383. The molecule has 0 atom stereocenters. The minimum Gasteiger partial charge on any atom is -0.507 e. The average Bonchev–Trinajstić information content (AvgIpc) is 2.64. The highest BCUT2D eigenvalue weighted by molar-refractivity contribution is 5.80. The van der Waals surface area contributed by atoms with E-state index >= 15 is 0 Å². The molecule has 138 valence electrons. The van der Waals surface area contributed by atoms with Gasteiger partial charge in [0.1, 0.15) is 11.5 Å². The molecule has 2 N–H and O–H groups in total. The Labute approximate surface area is 149 Å². The first kappa shape index (κ1) is 19.1. The lowest BCUT2D eigenvalue weighted by Gasteiger charge is -2.08. The average molecular weight is 362 g/mol. The van der Waals surface area contributed by atoms with Crippen molar-refractivity contribution < 1.29 is 39.1 Å². The molecule has 8 nitrogen and oxygen atoms in total. The van der Waals surface area contributed by atoms with Crippen LogP contribution in [0.3, 0.4) is 0 Å². The van der Waals surface area contributed by atoms with Gasteiger partial charge in [-0.2, -0.15) is 4.89 Å². The van der Waals surface area contributed by atoms with Crippen molar-refractivity contribution >= 4 is 12.3 Å². The molecule has 0 saturated carbocycles. The zero-order chi connectivity index (χ0) is 18.9. The van der Waals surface area contributed by atoms with Gasteiger partial charge in [0, 0.05) is 12.5 Å². The topological polar surface area (TPSA) is 112 Å². The van der Waals surface area contributed by atoms with Crippen LogP contribution in [0.2, 0.25) is 0 Å². The molecule has 0 aromatic heterocycles. The van der Waals surface area contributed by atoms with Crippen LogP contribution >= 0.6 is 0 Å². The third-order valence-corrected chi connectivity index (χ3v) is 3.27. The van der Waals surface area contributed by atoms with E-state index in [1.807, 2.05) is 0 Å². The molecule has 0 bridgehead atoms. The van der Waals surface area contributed by atoms with E-state index in [-0.39, 0.29) is 41.6 Å². The number of hydrogen-bond acceptors (Lipinski definition) is 8. The van der Waals surface area contributed by atoms with E-state index in [2.05, 4.69) is 0 Å². The summed E-state index contributed by atoms with van der Waals surface area (Å²) in [5, 5.41) is 18.9. The number of aromatic hydroxyl groups is 2. The lowest BCUT2D eigenvalue weighted by molar-refractivity contribution is -0.207. The molecule has 2 aromatic carbocycles. The third-order valence-electron chi connectivity index (χ3n) is 3.27. The number of ether oxygens (including phenoxy) is 2. The molecule has 0 heterocycles. The van der Waals surface area contributed by atoms with Crippen LogP contribution < -0.4 is 14.4 Å². The van der Waals surface area contributed by atoms with Gasteiger partial charge in [-0.3, -0.25) is 9.59 Å². The van der Waals surface area contributed by atoms with Crippen LogP contribution in [0.1, 0.15) is 23.2 Å². The Bertz CT molecular complexity index is 772. The second-order valence-corrected chi connectivity index (χ2v) is 5.16. The molecule has 26 heavy (non-hydrogen) atoms. The van der Waals surface area contributed by atoms with Gasteiger partial charge in [-0.25, -0.2) is 0 Å². The molecule has 0 aliphatic carbocycles. The van der Waals surface area contributed by atoms with Crippen LogP contribution in [0.15, 0.2) is 36.4 Å². The number of methoxy groups -OCH3 is 1. The second kappa shape index (κ2) is 9.28. The molecular formula is C18H18O8. The minimum atomic E-state index is -0.512. The lowest BCUT2D eigenvalue weighted by atomic mass is 10.2. The summed E-state index contributed by atoms with van der Waals surface area (Å²) in [6.45, 7) is 0.132. The maximum absolute atomic E-state index is 11.7. The standard InChI is InChI=1S/C18H18O8/c1-23-17-10-14(5-7-16(17)21)26-24-8-2-3-18(22)25-13-4-6-15(20)12(9-13)11-19/h4-7,9-11,20-21H,2-3,8H2,1H3. The number of carbonyl (C=O) groups excluding carboxylic acids is 2. The number of esters is 1. The van der Waals surface area contributed by atoms with Crippen molar-refractivity contribution in [3.63, 3.8) is 0 Å². The van der Waals surface area contributed by atoms with Crippen LogP contribution in [0.4, 0.5) is 0 Å².